The molecule has 0 unspecified atom stereocenters. The van der Waals surface area contributed by atoms with Crippen LogP contribution >= 0.6 is 11.6 Å². The van der Waals surface area contributed by atoms with Gasteiger partial charge in [0.25, 0.3) is 5.91 Å². The molecule has 0 bridgehead atoms. The van der Waals surface area contributed by atoms with Gasteiger partial charge >= 0.3 is 0 Å². The van der Waals surface area contributed by atoms with Crippen molar-refractivity contribution < 1.29 is 9.53 Å². The summed E-state index contributed by atoms with van der Waals surface area (Å²) in [6, 6.07) is 14.1. The molecule has 1 saturated heterocycles. The second kappa shape index (κ2) is 8.00. The molecule has 2 aromatic carbocycles. The maximum absolute atomic E-state index is 12.7. The van der Waals surface area contributed by atoms with Gasteiger partial charge in [-0.3, -0.25) is 4.79 Å². The summed E-state index contributed by atoms with van der Waals surface area (Å²) in [6.07, 6.45) is -0.516. The molecule has 1 atom stereocenters. The number of amides is 1. The number of benzene rings is 2. The van der Waals surface area contributed by atoms with Crippen LogP contribution in [0.3, 0.4) is 0 Å². The molecule has 1 fully saturated rings. The second-order valence-corrected chi connectivity index (χ2v) is 7.16. The molecule has 1 aliphatic heterocycles. The molecule has 138 valence electrons. The largest absolute Gasteiger partial charge is 0.481 e. The molecular weight excluding hydrogens is 348 g/mol. The molecule has 0 aromatic heterocycles. The van der Waals surface area contributed by atoms with Gasteiger partial charge < -0.3 is 14.5 Å². The van der Waals surface area contributed by atoms with E-state index in [2.05, 4.69) is 17.0 Å². The molecule has 2 aromatic rings. The van der Waals surface area contributed by atoms with Gasteiger partial charge in [0.2, 0.25) is 0 Å². The molecule has 1 heterocycles. The van der Waals surface area contributed by atoms with Crippen LogP contribution in [0.15, 0.2) is 42.5 Å². The van der Waals surface area contributed by atoms with Crippen molar-refractivity contribution >= 4 is 23.2 Å². The van der Waals surface area contributed by atoms with Gasteiger partial charge in [-0.25, -0.2) is 0 Å². The summed E-state index contributed by atoms with van der Waals surface area (Å²) < 4.78 is 5.89. The van der Waals surface area contributed by atoms with E-state index in [0.29, 0.717) is 18.8 Å². The summed E-state index contributed by atoms with van der Waals surface area (Å²) in [6.45, 7) is 8.78. The van der Waals surface area contributed by atoms with Crippen LogP contribution in [-0.2, 0) is 4.79 Å². The van der Waals surface area contributed by atoms with E-state index >= 15 is 0 Å². The number of aryl methyl sites for hydroxylation is 2. The van der Waals surface area contributed by atoms with E-state index < -0.39 is 6.10 Å². The predicted octanol–water partition coefficient (Wildman–Crippen LogP) is 4.07. The van der Waals surface area contributed by atoms with Gasteiger partial charge in [-0.2, -0.15) is 0 Å². The molecule has 4 nitrogen and oxygen atoms in total. The quantitative estimate of drug-likeness (QED) is 0.810. The number of piperazine rings is 1. The highest BCUT2D eigenvalue weighted by Gasteiger charge is 2.26. The van der Waals surface area contributed by atoms with E-state index in [1.54, 1.807) is 0 Å². The van der Waals surface area contributed by atoms with Crippen LogP contribution in [0.2, 0.25) is 5.02 Å². The Labute approximate surface area is 160 Å². The second-order valence-electron chi connectivity index (χ2n) is 6.78. The zero-order valence-electron chi connectivity index (χ0n) is 15.5. The van der Waals surface area contributed by atoms with Crippen molar-refractivity contribution in [3.63, 3.8) is 0 Å². The van der Waals surface area contributed by atoms with E-state index in [-0.39, 0.29) is 5.91 Å². The Balaban J connectivity index is 1.58. The minimum Gasteiger partial charge on any atom is -0.481 e. The van der Waals surface area contributed by atoms with Crippen LogP contribution in [0.5, 0.6) is 5.75 Å². The number of carbonyl (C=O) groups is 1. The Morgan fingerprint density at radius 2 is 1.62 bits per heavy atom. The van der Waals surface area contributed by atoms with Crippen LogP contribution in [-0.4, -0.2) is 43.1 Å². The lowest BCUT2D eigenvalue weighted by Gasteiger charge is -2.37. The molecule has 0 saturated carbocycles. The van der Waals surface area contributed by atoms with Gasteiger partial charge in [0.15, 0.2) is 6.10 Å². The minimum absolute atomic E-state index is 0.0305. The molecule has 0 N–H and O–H groups in total. The number of carbonyl (C=O) groups excluding carboxylic acids is 1. The zero-order valence-corrected chi connectivity index (χ0v) is 16.3. The van der Waals surface area contributed by atoms with Crippen molar-refractivity contribution in [1.82, 2.24) is 4.90 Å². The lowest BCUT2D eigenvalue weighted by molar-refractivity contribution is -0.138. The number of hydrogen-bond acceptors (Lipinski definition) is 3. The van der Waals surface area contributed by atoms with Crippen LogP contribution in [0, 0.1) is 13.8 Å². The van der Waals surface area contributed by atoms with E-state index in [1.165, 1.54) is 5.69 Å². The van der Waals surface area contributed by atoms with E-state index in [1.807, 2.05) is 56.0 Å². The Kier molecular flexibility index (Phi) is 5.72. The number of para-hydroxylation sites is 1. The first-order valence-electron chi connectivity index (χ1n) is 8.98. The van der Waals surface area contributed by atoms with Gasteiger partial charge in [-0.05, 0) is 56.2 Å². The van der Waals surface area contributed by atoms with Crippen molar-refractivity contribution in [1.29, 1.82) is 0 Å². The van der Waals surface area contributed by atoms with Gasteiger partial charge in [-0.15, -0.1) is 0 Å². The van der Waals surface area contributed by atoms with Crippen LogP contribution < -0.4 is 9.64 Å². The number of halogens is 1. The molecule has 26 heavy (non-hydrogen) atoms. The summed E-state index contributed by atoms with van der Waals surface area (Å²) in [5, 5.41) is 0.744. The fourth-order valence-corrected chi connectivity index (χ4v) is 3.42. The molecule has 0 spiro atoms. The van der Waals surface area contributed by atoms with Crippen molar-refractivity contribution in [3.05, 3.63) is 58.6 Å². The lowest BCUT2D eigenvalue weighted by atomic mass is 10.1. The average Bonchev–Trinajstić information content (AvgIpc) is 2.66. The van der Waals surface area contributed by atoms with E-state index in [9.17, 15) is 4.79 Å². The zero-order chi connectivity index (χ0) is 18.7. The standard InChI is InChI=1S/C21H25ClN2O2/c1-15-13-19(14-16(2)20(15)22)26-17(3)21(25)24-11-9-23(10-12-24)18-7-5-4-6-8-18/h4-8,13-14,17H,9-12H2,1-3H3/t17-/m0/s1. The van der Waals surface area contributed by atoms with Crippen molar-refractivity contribution in [2.45, 2.75) is 26.9 Å². The highest BCUT2D eigenvalue weighted by molar-refractivity contribution is 6.32. The third-order valence-electron chi connectivity index (χ3n) is 4.78. The van der Waals surface area contributed by atoms with Crippen LogP contribution in [0.25, 0.3) is 0 Å². The molecule has 0 aliphatic carbocycles. The van der Waals surface area contributed by atoms with Crippen molar-refractivity contribution in [2.24, 2.45) is 0 Å². The van der Waals surface area contributed by atoms with Crippen molar-refractivity contribution in [3.8, 4) is 5.75 Å². The smallest absolute Gasteiger partial charge is 0.263 e. The molecule has 0 radical (unpaired) electrons. The summed E-state index contributed by atoms with van der Waals surface area (Å²) in [5.41, 5.74) is 3.12. The van der Waals surface area contributed by atoms with Crippen LogP contribution in [0.1, 0.15) is 18.1 Å². The molecule has 5 heteroatoms. The normalized spacial score (nSPS) is 15.7. The third-order valence-corrected chi connectivity index (χ3v) is 5.38. The number of rotatable bonds is 4. The number of hydrogen-bond donors (Lipinski definition) is 0. The number of ether oxygens (including phenoxy) is 1. The summed E-state index contributed by atoms with van der Waals surface area (Å²) in [7, 11) is 0. The fraction of sp³-hybridized carbons (Fsp3) is 0.381. The summed E-state index contributed by atoms with van der Waals surface area (Å²) >= 11 is 6.20. The SMILES string of the molecule is Cc1cc(O[C@@H](C)C(=O)N2CCN(c3ccccc3)CC2)cc(C)c1Cl. The minimum atomic E-state index is -0.516. The van der Waals surface area contributed by atoms with Gasteiger partial charge in [-0.1, -0.05) is 29.8 Å². The Morgan fingerprint density at radius 3 is 2.19 bits per heavy atom. The highest BCUT2D eigenvalue weighted by atomic mass is 35.5. The predicted molar refractivity (Wildman–Crippen MR) is 106 cm³/mol. The third kappa shape index (κ3) is 4.13. The summed E-state index contributed by atoms with van der Waals surface area (Å²) in [5.74, 6) is 0.719. The fourth-order valence-electron chi connectivity index (χ4n) is 3.31. The van der Waals surface area contributed by atoms with Gasteiger partial charge in [0.1, 0.15) is 5.75 Å². The molecule has 1 amide bonds. The first-order chi connectivity index (χ1) is 12.5. The Hall–Kier alpha value is -2.20. The monoisotopic (exact) mass is 372 g/mol. The first kappa shape index (κ1) is 18.6. The average molecular weight is 373 g/mol. The Morgan fingerprint density at radius 1 is 1.04 bits per heavy atom. The number of anilines is 1. The summed E-state index contributed by atoms with van der Waals surface area (Å²) in [4.78, 5) is 16.9. The maximum Gasteiger partial charge on any atom is 0.263 e. The maximum atomic E-state index is 12.7. The first-order valence-corrected chi connectivity index (χ1v) is 9.35. The van der Waals surface area contributed by atoms with Crippen molar-refractivity contribution in [2.75, 3.05) is 31.1 Å². The topological polar surface area (TPSA) is 32.8 Å². The van der Waals surface area contributed by atoms with Gasteiger partial charge in [0, 0.05) is 36.9 Å². The number of nitrogens with zero attached hydrogens (tertiary/aromatic N) is 2. The molecule has 3 rings (SSSR count). The lowest BCUT2D eigenvalue weighted by Crippen LogP contribution is -2.52. The van der Waals surface area contributed by atoms with E-state index in [0.717, 1.165) is 29.2 Å². The van der Waals surface area contributed by atoms with E-state index in [4.69, 9.17) is 16.3 Å². The van der Waals surface area contributed by atoms with Crippen LogP contribution in [0.4, 0.5) is 5.69 Å². The highest BCUT2D eigenvalue weighted by Crippen LogP contribution is 2.26. The Bertz CT molecular complexity index is 748. The molecule has 1 aliphatic rings. The van der Waals surface area contributed by atoms with Gasteiger partial charge in [0.05, 0.1) is 0 Å². The molecular formula is C21H25ClN2O2.